The predicted octanol–water partition coefficient (Wildman–Crippen LogP) is 2.98. The zero-order chi connectivity index (χ0) is 13.4. The second kappa shape index (κ2) is 7.88. The van der Waals surface area contributed by atoms with Gasteiger partial charge in [0, 0.05) is 6.54 Å². The highest BCUT2D eigenvalue weighted by Crippen LogP contribution is 2.17. The molecule has 3 heteroatoms. The Morgan fingerprint density at radius 3 is 2.50 bits per heavy atom. The summed E-state index contributed by atoms with van der Waals surface area (Å²) in [5.74, 6) is -1.18. The quantitative estimate of drug-likeness (QED) is 0.720. The number of carboxylic acid groups (broad SMARTS) is 1. The molecule has 0 saturated carbocycles. The summed E-state index contributed by atoms with van der Waals surface area (Å²) in [5.41, 5.74) is 0.882. The van der Waals surface area contributed by atoms with E-state index >= 15 is 0 Å². The van der Waals surface area contributed by atoms with Crippen LogP contribution in [0, 0.1) is 0 Å². The van der Waals surface area contributed by atoms with Crippen molar-refractivity contribution in [1.82, 2.24) is 4.90 Å². The van der Waals surface area contributed by atoms with E-state index in [0.717, 1.165) is 18.5 Å². The van der Waals surface area contributed by atoms with E-state index < -0.39 is 11.9 Å². The number of carbonyl (C=O) groups is 1. The first-order valence-electron chi connectivity index (χ1n) is 6.61. The minimum absolute atomic E-state index is 0.433. The highest BCUT2D eigenvalue weighted by molar-refractivity contribution is 5.76. The van der Waals surface area contributed by atoms with Crippen molar-refractivity contribution in [3.05, 3.63) is 35.9 Å². The molecule has 0 amide bonds. The smallest absolute Gasteiger partial charge is 0.312 e. The van der Waals surface area contributed by atoms with Gasteiger partial charge in [0.15, 0.2) is 0 Å². The normalized spacial score (nSPS) is 12.6. The van der Waals surface area contributed by atoms with Gasteiger partial charge >= 0.3 is 5.97 Å². The Balaban J connectivity index is 2.56. The summed E-state index contributed by atoms with van der Waals surface area (Å²) in [4.78, 5) is 13.5. The van der Waals surface area contributed by atoms with Crippen LogP contribution in [0.5, 0.6) is 0 Å². The molecule has 18 heavy (non-hydrogen) atoms. The van der Waals surface area contributed by atoms with Crippen molar-refractivity contribution in [2.75, 3.05) is 20.1 Å². The van der Waals surface area contributed by atoms with Crippen molar-refractivity contribution in [3.63, 3.8) is 0 Å². The van der Waals surface area contributed by atoms with Crippen LogP contribution in [0.1, 0.15) is 37.7 Å². The van der Waals surface area contributed by atoms with Gasteiger partial charge in [-0.3, -0.25) is 4.79 Å². The summed E-state index contributed by atoms with van der Waals surface area (Å²) in [7, 11) is 1.99. The van der Waals surface area contributed by atoms with E-state index in [1.54, 1.807) is 0 Å². The SMILES string of the molecule is CCCCCN(C)CC(C(=O)O)c1ccccc1. The van der Waals surface area contributed by atoms with Gasteiger partial charge in [-0.05, 0) is 25.6 Å². The van der Waals surface area contributed by atoms with Gasteiger partial charge in [-0.15, -0.1) is 0 Å². The molecule has 0 saturated heterocycles. The number of aliphatic carboxylic acids is 1. The van der Waals surface area contributed by atoms with Crippen molar-refractivity contribution in [1.29, 1.82) is 0 Å². The van der Waals surface area contributed by atoms with Crippen molar-refractivity contribution in [3.8, 4) is 0 Å². The lowest BCUT2D eigenvalue weighted by Crippen LogP contribution is -2.29. The van der Waals surface area contributed by atoms with E-state index in [2.05, 4.69) is 11.8 Å². The zero-order valence-corrected chi connectivity index (χ0v) is 11.3. The molecule has 1 aromatic rings. The van der Waals surface area contributed by atoms with Crippen LogP contribution < -0.4 is 0 Å². The van der Waals surface area contributed by atoms with Crippen LogP contribution in [-0.2, 0) is 4.79 Å². The lowest BCUT2D eigenvalue weighted by atomic mass is 9.99. The fourth-order valence-corrected chi connectivity index (χ4v) is 2.05. The number of hydrogen-bond acceptors (Lipinski definition) is 2. The molecule has 1 unspecified atom stereocenters. The molecule has 100 valence electrons. The van der Waals surface area contributed by atoms with Gasteiger partial charge in [0.1, 0.15) is 0 Å². The van der Waals surface area contributed by atoms with Gasteiger partial charge in [0.25, 0.3) is 0 Å². The monoisotopic (exact) mass is 249 g/mol. The Kier molecular flexibility index (Phi) is 6.44. The summed E-state index contributed by atoms with van der Waals surface area (Å²) in [5, 5.41) is 9.32. The van der Waals surface area contributed by atoms with Crippen LogP contribution in [0.25, 0.3) is 0 Å². The number of likely N-dealkylation sites (N-methyl/N-ethyl adjacent to an activating group) is 1. The van der Waals surface area contributed by atoms with E-state index in [4.69, 9.17) is 0 Å². The van der Waals surface area contributed by atoms with Crippen LogP contribution in [0.4, 0.5) is 0 Å². The van der Waals surface area contributed by atoms with E-state index in [1.807, 2.05) is 37.4 Å². The van der Waals surface area contributed by atoms with Gasteiger partial charge in [-0.25, -0.2) is 0 Å². The van der Waals surface area contributed by atoms with Crippen LogP contribution in [0.2, 0.25) is 0 Å². The second-order valence-corrected chi connectivity index (χ2v) is 4.77. The molecule has 0 aliphatic carbocycles. The average Bonchev–Trinajstić information content (AvgIpc) is 2.37. The third-order valence-electron chi connectivity index (χ3n) is 3.14. The lowest BCUT2D eigenvalue weighted by Gasteiger charge is -2.21. The van der Waals surface area contributed by atoms with Gasteiger partial charge in [0.2, 0.25) is 0 Å². The largest absolute Gasteiger partial charge is 0.481 e. The summed E-state index contributed by atoms with van der Waals surface area (Å²) in [6, 6.07) is 9.47. The highest BCUT2D eigenvalue weighted by atomic mass is 16.4. The Labute approximate surface area is 109 Å². The van der Waals surface area contributed by atoms with E-state index in [1.165, 1.54) is 12.8 Å². The van der Waals surface area contributed by atoms with E-state index in [9.17, 15) is 9.90 Å². The van der Waals surface area contributed by atoms with Gasteiger partial charge in [0.05, 0.1) is 5.92 Å². The van der Waals surface area contributed by atoms with Crippen LogP contribution in [-0.4, -0.2) is 36.1 Å². The molecule has 1 aromatic carbocycles. The molecule has 0 aromatic heterocycles. The topological polar surface area (TPSA) is 40.5 Å². The Hall–Kier alpha value is -1.35. The summed E-state index contributed by atoms with van der Waals surface area (Å²) in [6.07, 6.45) is 3.52. The number of carboxylic acids is 1. The molecule has 0 spiro atoms. The van der Waals surface area contributed by atoms with Gasteiger partial charge < -0.3 is 10.0 Å². The van der Waals surface area contributed by atoms with Crippen LogP contribution in [0.15, 0.2) is 30.3 Å². The molecule has 0 aliphatic heterocycles. The minimum atomic E-state index is -0.747. The third-order valence-corrected chi connectivity index (χ3v) is 3.14. The lowest BCUT2D eigenvalue weighted by molar-refractivity contribution is -0.139. The summed E-state index contributed by atoms with van der Waals surface area (Å²) < 4.78 is 0. The molecule has 0 heterocycles. The molecule has 1 rings (SSSR count). The number of unbranched alkanes of at least 4 members (excludes halogenated alkanes) is 2. The van der Waals surface area contributed by atoms with E-state index in [0.29, 0.717) is 6.54 Å². The number of benzene rings is 1. The van der Waals surface area contributed by atoms with Crippen molar-refractivity contribution < 1.29 is 9.90 Å². The fraction of sp³-hybridized carbons (Fsp3) is 0.533. The van der Waals surface area contributed by atoms with Crippen LogP contribution >= 0.6 is 0 Å². The van der Waals surface area contributed by atoms with Crippen molar-refractivity contribution in [2.45, 2.75) is 32.1 Å². The van der Waals surface area contributed by atoms with Crippen LogP contribution in [0.3, 0.4) is 0 Å². The first-order chi connectivity index (χ1) is 8.65. The zero-order valence-electron chi connectivity index (χ0n) is 11.3. The van der Waals surface area contributed by atoms with Crippen molar-refractivity contribution >= 4 is 5.97 Å². The molecule has 1 N–H and O–H groups in total. The highest BCUT2D eigenvalue weighted by Gasteiger charge is 2.20. The maximum absolute atomic E-state index is 11.3. The number of rotatable bonds is 8. The first-order valence-corrected chi connectivity index (χ1v) is 6.61. The fourth-order valence-electron chi connectivity index (χ4n) is 2.05. The molecule has 1 atom stereocenters. The van der Waals surface area contributed by atoms with E-state index in [-0.39, 0.29) is 0 Å². The minimum Gasteiger partial charge on any atom is -0.481 e. The molecule has 0 aliphatic rings. The van der Waals surface area contributed by atoms with Gasteiger partial charge in [-0.2, -0.15) is 0 Å². The predicted molar refractivity (Wildman–Crippen MR) is 73.8 cm³/mol. The average molecular weight is 249 g/mol. The first kappa shape index (κ1) is 14.7. The number of nitrogens with zero attached hydrogens (tertiary/aromatic N) is 1. The Morgan fingerprint density at radius 1 is 1.28 bits per heavy atom. The second-order valence-electron chi connectivity index (χ2n) is 4.77. The number of hydrogen-bond donors (Lipinski definition) is 1. The van der Waals surface area contributed by atoms with Gasteiger partial charge in [-0.1, -0.05) is 50.1 Å². The standard InChI is InChI=1S/C15H23NO2/c1-3-4-8-11-16(2)12-14(15(17)18)13-9-6-5-7-10-13/h5-7,9-10,14H,3-4,8,11-12H2,1-2H3,(H,17,18). The maximum atomic E-state index is 11.3. The molecular weight excluding hydrogens is 226 g/mol. The Bertz CT molecular complexity index is 351. The summed E-state index contributed by atoms with van der Waals surface area (Å²) >= 11 is 0. The van der Waals surface area contributed by atoms with Crippen molar-refractivity contribution in [2.24, 2.45) is 0 Å². The third kappa shape index (κ3) is 4.88. The molecule has 0 bridgehead atoms. The molecule has 3 nitrogen and oxygen atoms in total. The Morgan fingerprint density at radius 2 is 1.94 bits per heavy atom. The molecular formula is C15H23NO2. The summed E-state index contributed by atoms with van der Waals surface area (Å²) in [6.45, 7) is 3.71. The molecule has 0 fully saturated rings. The maximum Gasteiger partial charge on any atom is 0.312 e. The molecule has 0 radical (unpaired) electrons.